The number of hydrogen-bond donors (Lipinski definition) is 1. The number of aryl methyl sites for hydroxylation is 1. The van der Waals surface area contributed by atoms with Gasteiger partial charge in [0.2, 0.25) is 0 Å². The summed E-state index contributed by atoms with van der Waals surface area (Å²) in [4.78, 5) is 0. The lowest BCUT2D eigenvalue weighted by atomic mass is 9.96. The van der Waals surface area contributed by atoms with Gasteiger partial charge in [0.15, 0.2) is 0 Å². The van der Waals surface area contributed by atoms with Gasteiger partial charge in [-0.15, -0.1) is 0 Å². The van der Waals surface area contributed by atoms with Crippen LogP contribution < -0.4 is 10.5 Å². The Balaban J connectivity index is 2.17. The number of methoxy groups -OCH3 is 1. The molecule has 1 atom stereocenters. The van der Waals surface area contributed by atoms with Gasteiger partial charge >= 0.3 is 0 Å². The summed E-state index contributed by atoms with van der Waals surface area (Å²) in [7, 11) is 1.63. The molecule has 0 amide bonds. The number of hydrogen-bond acceptors (Lipinski definition) is 2. The summed E-state index contributed by atoms with van der Waals surface area (Å²) in [6.45, 7) is 1.90. The molecule has 0 heterocycles. The van der Waals surface area contributed by atoms with Crippen molar-refractivity contribution in [2.75, 3.05) is 7.11 Å². The van der Waals surface area contributed by atoms with E-state index in [-0.39, 0.29) is 11.9 Å². The molecular weight excluding hydrogens is 241 g/mol. The first-order valence-corrected chi connectivity index (χ1v) is 6.24. The molecule has 2 aromatic carbocycles. The highest BCUT2D eigenvalue weighted by Crippen LogP contribution is 2.22. The zero-order valence-corrected chi connectivity index (χ0v) is 11.2. The van der Waals surface area contributed by atoms with Crippen molar-refractivity contribution in [1.82, 2.24) is 0 Å². The zero-order valence-electron chi connectivity index (χ0n) is 11.2. The number of ether oxygens (including phenoxy) is 1. The topological polar surface area (TPSA) is 35.2 Å². The molecule has 0 radical (unpaired) electrons. The monoisotopic (exact) mass is 259 g/mol. The minimum Gasteiger partial charge on any atom is -0.497 e. The quantitative estimate of drug-likeness (QED) is 0.913. The van der Waals surface area contributed by atoms with Gasteiger partial charge in [0.25, 0.3) is 0 Å². The molecule has 0 aromatic heterocycles. The van der Waals surface area contributed by atoms with Gasteiger partial charge in [-0.2, -0.15) is 0 Å². The standard InChI is InChI=1S/C16H18FNO/c1-11-8-14(17)7-6-12(11)10-16(18)13-4-3-5-15(9-13)19-2/h3-9,16H,10,18H2,1-2H3. The molecule has 2 nitrogen and oxygen atoms in total. The van der Waals surface area contributed by atoms with E-state index in [4.69, 9.17) is 10.5 Å². The van der Waals surface area contributed by atoms with Crippen molar-refractivity contribution in [2.24, 2.45) is 5.73 Å². The van der Waals surface area contributed by atoms with E-state index in [0.717, 1.165) is 22.4 Å². The smallest absolute Gasteiger partial charge is 0.123 e. The van der Waals surface area contributed by atoms with Crippen LogP contribution in [0.4, 0.5) is 4.39 Å². The lowest BCUT2D eigenvalue weighted by molar-refractivity contribution is 0.414. The highest BCUT2D eigenvalue weighted by Gasteiger charge is 2.10. The van der Waals surface area contributed by atoms with Crippen LogP contribution in [0.25, 0.3) is 0 Å². The van der Waals surface area contributed by atoms with Crippen molar-refractivity contribution in [3.63, 3.8) is 0 Å². The Labute approximate surface area is 113 Å². The lowest BCUT2D eigenvalue weighted by Gasteiger charge is -2.15. The number of benzene rings is 2. The molecule has 1 unspecified atom stereocenters. The van der Waals surface area contributed by atoms with Gasteiger partial charge in [-0.3, -0.25) is 0 Å². The molecular formula is C16H18FNO. The maximum absolute atomic E-state index is 13.1. The van der Waals surface area contributed by atoms with Crippen molar-refractivity contribution in [3.05, 3.63) is 65.0 Å². The predicted octanol–water partition coefficient (Wildman–Crippen LogP) is 3.39. The van der Waals surface area contributed by atoms with Crippen LogP contribution in [-0.2, 0) is 6.42 Å². The van der Waals surface area contributed by atoms with Gasteiger partial charge in [0, 0.05) is 6.04 Å². The van der Waals surface area contributed by atoms with E-state index in [9.17, 15) is 4.39 Å². The SMILES string of the molecule is COc1cccc(C(N)Cc2ccc(F)cc2C)c1. The second kappa shape index (κ2) is 5.85. The van der Waals surface area contributed by atoms with Crippen molar-refractivity contribution >= 4 is 0 Å². The summed E-state index contributed by atoms with van der Waals surface area (Å²) in [5, 5.41) is 0. The molecule has 19 heavy (non-hydrogen) atoms. The zero-order chi connectivity index (χ0) is 13.8. The summed E-state index contributed by atoms with van der Waals surface area (Å²) in [5.74, 6) is 0.583. The van der Waals surface area contributed by atoms with Gasteiger partial charge in [-0.25, -0.2) is 4.39 Å². The van der Waals surface area contributed by atoms with E-state index >= 15 is 0 Å². The Kier molecular flexibility index (Phi) is 4.17. The summed E-state index contributed by atoms with van der Waals surface area (Å²) < 4.78 is 18.2. The summed E-state index contributed by atoms with van der Waals surface area (Å²) >= 11 is 0. The fraction of sp³-hybridized carbons (Fsp3) is 0.250. The van der Waals surface area contributed by atoms with E-state index in [1.54, 1.807) is 13.2 Å². The van der Waals surface area contributed by atoms with Crippen LogP contribution in [0.1, 0.15) is 22.7 Å². The van der Waals surface area contributed by atoms with Crippen LogP contribution in [-0.4, -0.2) is 7.11 Å². The van der Waals surface area contributed by atoms with E-state index in [1.807, 2.05) is 31.2 Å². The first kappa shape index (κ1) is 13.6. The van der Waals surface area contributed by atoms with E-state index in [2.05, 4.69) is 0 Å². The maximum Gasteiger partial charge on any atom is 0.123 e. The Morgan fingerprint density at radius 3 is 2.68 bits per heavy atom. The third-order valence-electron chi connectivity index (χ3n) is 3.27. The predicted molar refractivity (Wildman–Crippen MR) is 74.8 cm³/mol. The molecule has 0 saturated heterocycles. The second-order valence-corrected chi connectivity index (χ2v) is 4.66. The second-order valence-electron chi connectivity index (χ2n) is 4.66. The van der Waals surface area contributed by atoms with Crippen LogP contribution in [0.3, 0.4) is 0 Å². The minimum absolute atomic E-state index is 0.126. The molecule has 0 spiro atoms. The molecule has 0 aliphatic rings. The molecule has 0 saturated carbocycles. The van der Waals surface area contributed by atoms with E-state index in [1.165, 1.54) is 12.1 Å². The van der Waals surface area contributed by atoms with Gasteiger partial charge in [-0.1, -0.05) is 18.2 Å². The van der Waals surface area contributed by atoms with Gasteiger partial charge in [0.1, 0.15) is 11.6 Å². The van der Waals surface area contributed by atoms with Crippen LogP contribution in [0.15, 0.2) is 42.5 Å². The molecule has 2 N–H and O–H groups in total. The fourth-order valence-corrected chi connectivity index (χ4v) is 2.12. The normalized spacial score (nSPS) is 12.2. The van der Waals surface area contributed by atoms with Crippen LogP contribution in [0.5, 0.6) is 5.75 Å². The first-order chi connectivity index (χ1) is 9.10. The van der Waals surface area contributed by atoms with Crippen LogP contribution in [0.2, 0.25) is 0 Å². The number of halogens is 1. The molecule has 3 heteroatoms. The Morgan fingerprint density at radius 1 is 1.21 bits per heavy atom. The number of nitrogens with two attached hydrogens (primary N) is 1. The lowest BCUT2D eigenvalue weighted by Crippen LogP contribution is -2.14. The van der Waals surface area contributed by atoms with Gasteiger partial charge < -0.3 is 10.5 Å². The third-order valence-corrected chi connectivity index (χ3v) is 3.27. The van der Waals surface area contributed by atoms with Crippen LogP contribution >= 0.6 is 0 Å². The van der Waals surface area contributed by atoms with Crippen LogP contribution in [0, 0.1) is 12.7 Å². The van der Waals surface area contributed by atoms with Gasteiger partial charge in [-0.05, 0) is 54.3 Å². The average molecular weight is 259 g/mol. The largest absolute Gasteiger partial charge is 0.497 e. The first-order valence-electron chi connectivity index (χ1n) is 6.24. The molecule has 100 valence electrons. The summed E-state index contributed by atoms with van der Waals surface area (Å²) in [6, 6.07) is 12.4. The molecule has 0 aliphatic carbocycles. The highest BCUT2D eigenvalue weighted by atomic mass is 19.1. The van der Waals surface area contributed by atoms with Crippen molar-refractivity contribution in [1.29, 1.82) is 0 Å². The van der Waals surface area contributed by atoms with Gasteiger partial charge in [0.05, 0.1) is 7.11 Å². The number of rotatable bonds is 4. The Morgan fingerprint density at radius 2 is 2.00 bits per heavy atom. The summed E-state index contributed by atoms with van der Waals surface area (Å²) in [5.41, 5.74) is 9.22. The Bertz CT molecular complexity index is 568. The third kappa shape index (κ3) is 3.32. The Hall–Kier alpha value is -1.87. The fourth-order valence-electron chi connectivity index (χ4n) is 2.12. The van der Waals surface area contributed by atoms with Crippen molar-refractivity contribution in [3.8, 4) is 5.75 Å². The molecule has 0 fully saturated rings. The highest BCUT2D eigenvalue weighted by molar-refractivity contribution is 5.33. The minimum atomic E-state index is -0.212. The maximum atomic E-state index is 13.1. The van der Waals surface area contributed by atoms with Crippen molar-refractivity contribution in [2.45, 2.75) is 19.4 Å². The average Bonchev–Trinajstić information content (AvgIpc) is 2.42. The van der Waals surface area contributed by atoms with Crippen molar-refractivity contribution < 1.29 is 9.13 Å². The van der Waals surface area contributed by atoms with E-state index in [0.29, 0.717) is 6.42 Å². The van der Waals surface area contributed by atoms with E-state index < -0.39 is 0 Å². The molecule has 2 rings (SSSR count). The molecule has 0 bridgehead atoms. The molecule has 0 aliphatic heterocycles. The molecule has 2 aromatic rings. The summed E-state index contributed by atoms with van der Waals surface area (Å²) in [6.07, 6.45) is 0.680.